The highest BCUT2D eigenvalue weighted by Crippen LogP contribution is 2.11. The van der Waals surface area contributed by atoms with Gasteiger partial charge in [0.1, 0.15) is 5.56 Å². The molecular formula is C19H25N3O3. The van der Waals surface area contributed by atoms with Crippen LogP contribution in [0, 0.1) is 5.92 Å². The summed E-state index contributed by atoms with van der Waals surface area (Å²) in [7, 11) is 0. The van der Waals surface area contributed by atoms with Crippen molar-refractivity contribution in [1.82, 2.24) is 15.2 Å². The maximum Gasteiger partial charge on any atom is 0.261 e. The molecule has 25 heavy (non-hydrogen) atoms. The lowest BCUT2D eigenvalue weighted by Gasteiger charge is -2.33. The summed E-state index contributed by atoms with van der Waals surface area (Å²) >= 11 is 0. The van der Waals surface area contributed by atoms with Crippen LogP contribution in [0.15, 0.2) is 35.1 Å². The number of morpholine rings is 1. The lowest BCUT2D eigenvalue weighted by atomic mass is 10.1. The smallest absolute Gasteiger partial charge is 0.261 e. The van der Waals surface area contributed by atoms with Crippen LogP contribution in [0.1, 0.15) is 24.2 Å². The number of carbonyl (C=O) groups is 1. The molecule has 0 saturated carbocycles. The molecule has 2 N–H and O–H groups in total. The number of amides is 1. The number of rotatable bonds is 5. The van der Waals surface area contributed by atoms with Crippen LogP contribution in [-0.2, 0) is 4.74 Å². The molecule has 0 spiro atoms. The minimum Gasteiger partial charge on any atom is -0.374 e. The summed E-state index contributed by atoms with van der Waals surface area (Å²) in [6.07, 6.45) is -0.0454. The van der Waals surface area contributed by atoms with Gasteiger partial charge < -0.3 is 15.0 Å². The van der Waals surface area contributed by atoms with Crippen LogP contribution < -0.4 is 10.9 Å². The Morgan fingerprint density at radius 1 is 1.40 bits per heavy atom. The fraction of sp³-hybridized carbons (Fsp3) is 0.474. The summed E-state index contributed by atoms with van der Waals surface area (Å²) in [5.74, 6) is 0.237. The Hall–Kier alpha value is -2.18. The quantitative estimate of drug-likeness (QED) is 0.865. The number of benzene rings is 1. The minimum atomic E-state index is -0.373. The normalized spacial score (nSPS) is 18.6. The van der Waals surface area contributed by atoms with Crippen LogP contribution >= 0.6 is 0 Å². The summed E-state index contributed by atoms with van der Waals surface area (Å²) in [6, 6.07) is 9.05. The maximum absolute atomic E-state index is 12.4. The van der Waals surface area contributed by atoms with Gasteiger partial charge in [0.15, 0.2) is 0 Å². The molecular weight excluding hydrogens is 318 g/mol. The Kier molecular flexibility index (Phi) is 5.50. The van der Waals surface area contributed by atoms with E-state index in [-0.39, 0.29) is 23.1 Å². The van der Waals surface area contributed by atoms with Gasteiger partial charge in [-0.3, -0.25) is 14.5 Å². The molecule has 0 aliphatic carbocycles. The van der Waals surface area contributed by atoms with Gasteiger partial charge >= 0.3 is 0 Å². The topological polar surface area (TPSA) is 74.4 Å². The Morgan fingerprint density at radius 2 is 2.20 bits per heavy atom. The number of pyridine rings is 1. The van der Waals surface area contributed by atoms with Crippen LogP contribution in [0.5, 0.6) is 0 Å². The highest BCUT2D eigenvalue weighted by atomic mass is 16.5. The summed E-state index contributed by atoms with van der Waals surface area (Å²) in [6.45, 7) is 8.21. The highest BCUT2D eigenvalue weighted by Gasteiger charge is 2.22. The minimum absolute atomic E-state index is 0.0454. The van der Waals surface area contributed by atoms with Gasteiger partial charge in [-0.2, -0.15) is 0 Å². The van der Waals surface area contributed by atoms with Crippen molar-refractivity contribution in [3.05, 3.63) is 46.2 Å². The molecule has 1 amide bonds. The predicted molar refractivity (Wildman–Crippen MR) is 97.9 cm³/mol. The number of carbonyl (C=O) groups excluding carboxylic acids is 1. The fourth-order valence-corrected chi connectivity index (χ4v) is 3.20. The van der Waals surface area contributed by atoms with E-state index in [0.717, 1.165) is 30.5 Å². The van der Waals surface area contributed by atoms with Gasteiger partial charge in [0.25, 0.3) is 11.5 Å². The lowest BCUT2D eigenvalue weighted by Crippen LogP contribution is -2.48. The van der Waals surface area contributed by atoms with Crippen molar-refractivity contribution in [2.45, 2.75) is 20.0 Å². The van der Waals surface area contributed by atoms with Gasteiger partial charge in [-0.25, -0.2) is 0 Å². The molecule has 0 unspecified atom stereocenters. The number of aromatic amines is 1. The lowest BCUT2D eigenvalue weighted by molar-refractivity contribution is -0.0295. The number of fused-ring (bicyclic) bond motifs is 1. The third kappa shape index (κ3) is 4.46. The van der Waals surface area contributed by atoms with Crippen molar-refractivity contribution in [3.63, 3.8) is 0 Å². The highest BCUT2D eigenvalue weighted by molar-refractivity contribution is 5.97. The van der Waals surface area contributed by atoms with Gasteiger partial charge in [-0.05, 0) is 23.4 Å². The molecule has 1 aromatic carbocycles. The number of para-hydroxylation sites is 1. The molecule has 6 heteroatoms. The number of hydrogen-bond acceptors (Lipinski definition) is 4. The van der Waals surface area contributed by atoms with Crippen molar-refractivity contribution >= 4 is 16.8 Å². The zero-order chi connectivity index (χ0) is 17.8. The zero-order valence-corrected chi connectivity index (χ0v) is 14.7. The third-order valence-corrected chi connectivity index (χ3v) is 4.33. The van der Waals surface area contributed by atoms with Gasteiger partial charge in [-0.1, -0.05) is 32.0 Å². The maximum atomic E-state index is 12.4. The Bertz CT molecular complexity index is 800. The van der Waals surface area contributed by atoms with Crippen molar-refractivity contribution in [1.29, 1.82) is 0 Å². The summed E-state index contributed by atoms with van der Waals surface area (Å²) < 4.78 is 5.73. The standard InChI is InChI=1S/C19H25N3O3/c1-13(2)11-22-7-8-25-15(12-22)10-20-18(23)16-9-14-5-3-4-6-17(14)21-19(16)24/h3-6,9,13,15H,7-8,10-12H2,1-2H3,(H,20,23)(H,21,24)/t15-/m1/s1. The number of nitrogens with zero attached hydrogens (tertiary/aromatic N) is 1. The van der Waals surface area contributed by atoms with E-state index in [9.17, 15) is 9.59 Å². The molecule has 2 heterocycles. The van der Waals surface area contributed by atoms with Crippen LogP contribution in [0.4, 0.5) is 0 Å². The molecule has 1 aromatic heterocycles. The number of H-pyrrole nitrogens is 1. The molecule has 1 saturated heterocycles. The van der Waals surface area contributed by atoms with Gasteiger partial charge in [0.05, 0.1) is 12.7 Å². The largest absolute Gasteiger partial charge is 0.374 e. The van der Waals surface area contributed by atoms with E-state index in [2.05, 4.69) is 29.0 Å². The molecule has 0 bridgehead atoms. The molecule has 1 fully saturated rings. The van der Waals surface area contributed by atoms with Crippen molar-refractivity contribution < 1.29 is 9.53 Å². The first-order valence-corrected chi connectivity index (χ1v) is 8.77. The van der Waals surface area contributed by atoms with E-state index in [1.54, 1.807) is 6.07 Å². The Morgan fingerprint density at radius 3 is 3.00 bits per heavy atom. The van der Waals surface area contributed by atoms with Crippen LogP contribution in [-0.4, -0.2) is 54.7 Å². The number of ether oxygens (including phenoxy) is 1. The predicted octanol–water partition coefficient (Wildman–Crippen LogP) is 1.61. The molecule has 6 nitrogen and oxygen atoms in total. The van der Waals surface area contributed by atoms with E-state index in [4.69, 9.17) is 4.74 Å². The molecule has 1 atom stereocenters. The van der Waals surface area contributed by atoms with Crippen LogP contribution in [0.25, 0.3) is 10.9 Å². The molecule has 3 rings (SSSR count). The van der Waals surface area contributed by atoms with E-state index in [1.807, 2.05) is 24.3 Å². The average molecular weight is 343 g/mol. The molecule has 0 radical (unpaired) electrons. The Balaban J connectivity index is 1.63. The van der Waals surface area contributed by atoms with E-state index in [1.165, 1.54) is 0 Å². The summed E-state index contributed by atoms with van der Waals surface area (Å²) in [5, 5.41) is 3.67. The molecule has 1 aliphatic heterocycles. The molecule has 1 aliphatic rings. The fourth-order valence-electron chi connectivity index (χ4n) is 3.20. The number of aromatic nitrogens is 1. The number of nitrogens with one attached hydrogen (secondary N) is 2. The van der Waals surface area contributed by atoms with Gasteiger partial charge in [0, 0.05) is 31.7 Å². The molecule has 2 aromatic rings. The summed E-state index contributed by atoms with van der Waals surface area (Å²) in [4.78, 5) is 29.7. The van der Waals surface area contributed by atoms with Crippen molar-refractivity contribution in [2.75, 3.05) is 32.8 Å². The van der Waals surface area contributed by atoms with E-state index < -0.39 is 0 Å². The van der Waals surface area contributed by atoms with Crippen molar-refractivity contribution in [3.8, 4) is 0 Å². The first-order chi connectivity index (χ1) is 12.0. The summed E-state index contributed by atoms with van der Waals surface area (Å²) in [5.41, 5.74) is 0.486. The van der Waals surface area contributed by atoms with Crippen LogP contribution in [0.2, 0.25) is 0 Å². The first-order valence-electron chi connectivity index (χ1n) is 8.77. The Labute approximate surface area is 147 Å². The van der Waals surface area contributed by atoms with Gasteiger partial charge in [-0.15, -0.1) is 0 Å². The first kappa shape index (κ1) is 17.6. The monoisotopic (exact) mass is 343 g/mol. The average Bonchev–Trinajstić information content (AvgIpc) is 2.59. The second kappa shape index (κ2) is 7.80. The zero-order valence-electron chi connectivity index (χ0n) is 14.7. The van der Waals surface area contributed by atoms with Crippen LogP contribution in [0.3, 0.4) is 0 Å². The second-order valence-electron chi connectivity index (χ2n) is 6.96. The molecule has 134 valence electrons. The third-order valence-electron chi connectivity index (χ3n) is 4.33. The van der Waals surface area contributed by atoms with E-state index >= 15 is 0 Å². The van der Waals surface area contributed by atoms with Gasteiger partial charge in [0.2, 0.25) is 0 Å². The second-order valence-corrected chi connectivity index (χ2v) is 6.96. The SMILES string of the molecule is CC(C)CN1CCO[C@H](CNC(=O)c2cc3ccccc3[nH]c2=O)C1. The van der Waals surface area contributed by atoms with E-state index in [0.29, 0.717) is 19.1 Å². The number of hydrogen-bond donors (Lipinski definition) is 2. The van der Waals surface area contributed by atoms with Crippen molar-refractivity contribution in [2.24, 2.45) is 5.92 Å².